The summed E-state index contributed by atoms with van der Waals surface area (Å²) in [6.45, 7) is 9.00. The number of likely N-dealkylation sites (tertiary alicyclic amines) is 1. The van der Waals surface area contributed by atoms with Crippen molar-refractivity contribution in [3.8, 4) is 0 Å². The van der Waals surface area contributed by atoms with Crippen molar-refractivity contribution in [2.24, 2.45) is 11.3 Å². The molecule has 6 heteroatoms. The van der Waals surface area contributed by atoms with Gasteiger partial charge in [-0.2, -0.15) is 0 Å². The standard InChI is InChI=1S/C13H24N2O4/c1-8(16)10(11(17)18)14-12(19)15-6-5-9(7-15)13(2,3)4/h8-10,16H,5-7H2,1-4H3,(H,14,19)(H,17,18). The molecular weight excluding hydrogens is 248 g/mol. The van der Waals surface area contributed by atoms with Gasteiger partial charge in [-0.05, 0) is 24.7 Å². The van der Waals surface area contributed by atoms with Gasteiger partial charge in [0.2, 0.25) is 0 Å². The van der Waals surface area contributed by atoms with E-state index in [1.807, 2.05) is 0 Å². The number of hydrogen-bond acceptors (Lipinski definition) is 3. The van der Waals surface area contributed by atoms with Gasteiger partial charge in [0, 0.05) is 13.1 Å². The fourth-order valence-corrected chi connectivity index (χ4v) is 2.26. The second-order valence-electron chi connectivity index (χ2n) is 6.30. The van der Waals surface area contributed by atoms with Gasteiger partial charge >= 0.3 is 12.0 Å². The molecule has 0 aromatic rings. The fourth-order valence-electron chi connectivity index (χ4n) is 2.26. The van der Waals surface area contributed by atoms with Crippen molar-refractivity contribution in [1.82, 2.24) is 10.2 Å². The average Bonchev–Trinajstić information content (AvgIpc) is 2.73. The highest BCUT2D eigenvalue weighted by molar-refractivity contribution is 5.83. The lowest BCUT2D eigenvalue weighted by molar-refractivity contribution is -0.141. The number of nitrogens with zero attached hydrogens (tertiary/aromatic N) is 1. The van der Waals surface area contributed by atoms with Gasteiger partial charge in [0.25, 0.3) is 0 Å². The third kappa shape index (κ3) is 4.09. The third-order valence-electron chi connectivity index (χ3n) is 3.73. The topological polar surface area (TPSA) is 89.9 Å². The van der Waals surface area contributed by atoms with E-state index in [2.05, 4.69) is 26.1 Å². The average molecular weight is 272 g/mol. The number of carboxylic acid groups (broad SMARTS) is 1. The summed E-state index contributed by atoms with van der Waals surface area (Å²) in [5.74, 6) is -0.817. The summed E-state index contributed by atoms with van der Waals surface area (Å²) in [6, 6.07) is -1.68. The van der Waals surface area contributed by atoms with Gasteiger partial charge in [-0.1, -0.05) is 20.8 Å². The van der Waals surface area contributed by atoms with Crippen molar-refractivity contribution in [2.75, 3.05) is 13.1 Å². The van der Waals surface area contributed by atoms with E-state index < -0.39 is 24.1 Å². The molecule has 1 fully saturated rings. The Bertz CT molecular complexity index is 349. The summed E-state index contributed by atoms with van der Waals surface area (Å²) < 4.78 is 0. The van der Waals surface area contributed by atoms with Crippen LogP contribution in [0.3, 0.4) is 0 Å². The first kappa shape index (κ1) is 15.8. The van der Waals surface area contributed by atoms with Crippen LogP contribution in [-0.2, 0) is 4.79 Å². The van der Waals surface area contributed by atoms with Gasteiger partial charge in [0.15, 0.2) is 6.04 Å². The highest BCUT2D eigenvalue weighted by atomic mass is 16.4. The van der Waals surface area contributed by atoms with Gasteiger partial charge in [-0.15, -0.1) is 0 Å². The zero-order valence-electron chi connectivity index (χ0n) is 12.0. The molecule has 19 heavy (non-hydrogen) atoms. The second-order valence-corrected chi connectivity index (χ2v) is 6.30. The maximum Gasteiger partial charge on any atom is 0.328 e. The number of aliphatic carboxylic acids is 1. The molecule has 6 nitrogen and oxygen atoms in total. The lowest BCUT2D eigenvalue weighted by Crippen LogP contribution is -2.52. The van der Waals surface area contributed by atoms with Crippen LogP contribution in [-0.4, -0.2) is 52.3 Å². The highest BCUT2D eigenvalue weighted by Gasteiger charge is 2.35. The normalized spacial score (nSPS) is 23.0. The van der Waals surface area contributed by atoms with E-state index in [9.17, 15) is 14.7 Å². The van der Waals surface area contributed by atoms with Crippen molar-refractivity contribution >= 4 is 12.0 Å². The molecule has 0 bridgehead atoms. The van der Waals surface area contributed by atoms with Crippen molar-refractivity contribution in [1.29, 1.82) is 0 Å². The van der Waals surface area contributed by atoms with Crippen molar-refractivity contribution < 1.29 is 19.8 Å². The Balaban J connectivity index is 2.58. The Hall–Kier alpha value is -1.30. The smallest absolute Gasteiger partial charge is 0.328 e. The highest BCUT2D eigenvalue weighted by Crippen LogP contribution is 2.33. The van der Waals surface area contributed by atoms with Crippen LogP contribution in [0.15, 0.2) is 0 Å². The van der Waals surface area contributed by atoms with E-state index in [1.54, 1.807) is 4.90 Å². The minimum Gasteiger partial charge on any atom is -0.480 e. The molecule has 1 saturated heterocycles. The maximum atomic E-state index is 12.0. The quantitative estimate of drug-likeness (QED) is 0.712. The van der Waals surface area contributed by atoms with Gasteiger partial charge in [0.05, 0.1) is 6.10 Å². The Labute approximate surface area is 113 Å². The lowest BCUT2D eigenvalue weighted by Gasteiger charge is -2.27. The number of aliphatic hydroxyl groups excluding tert-OH is 1. The Morgan fingerprint density at radius 1 is 1.37 bits per heavy atom. The number of carbonyl (C=O) groups excluding carboxylic acids is 1. The van der Waals surface area contributed by atoms with E-state index in [0.29, 0.717) is 19.0 Å². The number of amides is 2. The SMILES string of the molecule is CC(O)C(NC(=O)N1CCC(C(C)(C)C)C1)C(=O)O. The van der Waals surface area contributed by atoms with E-state index in [1.165, 1.54) is 6.92 Å². The molecule has 3 unspecified atom stereocenters. The van der Waals surface area contributed by atoms with Gasteiger partial charge in [0.1, 0.15) is 0 Å². The van der Waals surface area contributed by atoms with Crippen LogP contribution >= 0.6 is 0 Å². The molecule has 0 radical (unpaired) electrons. The molecule has 0 aromatic heterocycles. The van der Waals surface area contributed by atoms with Crippen LogP contribution in [0.4, 0.5) is 4.79 Å². The van der Waals surface area contributed by atoms with Crippen LogP contribution in [0, 0.1) is 11.3 Å². The van der Waals surface area contributed by atoms with Crippen molar-refractivity contribution in [3.63, 3.8) is 0 Å². The molecule has 1 heterocycles. The Morgan fingerprint density at radius 2 is 1.95 bits per heavy atom. The number of hydrogen-bond donors (Lipinski definition) is 3. The van der Waals surface area contributed by atoms with E-state index in [-0.39, 0.29) is 5.41 Å². The number of nitrogens with one attached hydrogen (secondary N) is 1. The van der Waals surface area contributed by atoms with Crippen LogP contribution in [0.1, 0.15) is 34.1 Å². The van der Waals surface area contributed by atoms with Crippen LogP contribution < -0.4 is 5.32 Å². The zero-order chi connectivity index (χ0) is 14.8. The van der Waals surface area contributed by atoms with Gasteiger partial charge < -0.3 is 20.4 Å². The molecule has 3 atom stereocenters. The van der Waals surface area contributed by atoms with Crippen LogP contribution in [0.2, 0.25) is 0 Å². The number of aliphatic hydroxyl groups is 1. The minimum atomic E-state index is -1.26. The minimum absolute atomic E-state index is 0.130. The van der Waals surface area contributed by atoms with Crippen LogP contribution in [0.5, 0.6) is 0 Å². The maximum absolute atomic E-state index is 12.0. The molecule has 3 N–H and O–H groups in total. The predicted octanol–water partition coefficient (Wildman–Crippen LogP) is 0.898. The first-order valence-electron chi connectivity index (χ1n) is 6.59. The predicted molar refractivity (Wildman–Crippen MR) is 70.8 cm³/mol. The molecule has 0 aromatic carbocycles. The Morgan fingerprint density at radius 3 is 2.32 bits per heavy atom. The number of carboxylic acids is 1. The molecule has 1 aliphatic heterocycles. The second kappa shape index (κ2) is 5.77. The monoisotopic (exact) mass is 272 g/mol. The molecule has 1 aliphatic rings. The van der Waals surface area contributed by atoms with Crippen molar-refractivity contribution in [2.45, 2.75) is 46.3 Å². The van der Waals surface area contributed by atoms with Gasteiger partial charge in [-0.25, -0.2) is 9.59 Å². The third-order valence-corrected chi connectivity index (χ3v) is 3.73. The summed E-state index contributed by atoms with van der Waals surface area (Å²) in [4.78, 5) is 24.5. The van der Waals surface area contributed by atoms with Gasteiger partial charge in [-0.3, -0.25) is 0 Å². The molecule has 0 spiro atoms. The first-order chi connectivity index (χ1) is 8.62. The summed E-state index contributed by atoms with van der Waals surface area (Å²) in [5.41, 5.74) is 0.130. The molecule has 0 aliphatic carbocycles. The van der Waals surface area contributed by atoms with Crippen molar-refractivity contribution in [3.05, 3.63) is 0 Å². The number of rotatable bonds is 3. The lowest BCUT2D eigenvalue weighted by atomic mass is 9.80. The largest absolute Gasteiger partial charge is 0.480 e. The van der Waals surface area contributed by atoms with Crippen LogP contribution in [0.25, 0.3) is 0 Å². The molecule has 0 saturated carbocycles. The van der Waals surface area contributed by atoms with E-state index in [4.69, 9.17) is 5.11 Å². The molecule has 110 valence electrons. The zero-order valence-corrected chi connectivity index (χ0v) is 12.0. The first-order valence-corrected chi connectivity index (χ1v) is 6.59. The molecular formula is C13H24N2O4. The molecule has 2 amide bonds. The summed E-state index contributed by atoms with van der Waals surface area (Å²) >= 11 is 0. The Kier molecular flexibility index (Phi) is 4.79. The summed E-state index contributed by atoms with van der Waals surface area (Å²) in [5, 5.41) is 20.6. The number of urea groups is 1. The van der Waals surface area contributed by atoms with E-state index >= 15 is 0 Å². The molecule has 1 rings (SSSR count). The summed E-state index contributed by atoms with van der Waals surface area (Å²) in [7, 11) is 0. The fraction of sp³-hybridized carbons (Fsp3) is 0.846. The number of carbonyl (C=O) groups is 2. The summed E-state index contributed by atoms with van der Waals surface area (Å²) in [6.07, 6.45) is -0.203. The van der Waals surface area contributed by atoms with E-state index in [0.717, 1.165) is 6.42 Å².